The van der Waals surface area contributed by atoms with E-state index in [-0.39, 0.29) is 12.1 Å². The van der Waals surface area contributed by atoms with Crippen molar-refractivity contribution >= 4 is 41.6 Å². The van der Waals surface area contributed by atoms with Gasteiger partial charge >= 0.3 is 41.5 Å². The van der Waals surface area contributed by atoms with Crippen molar-refractivity contribution in [2.75, 3.05) is 6.61 Å². The molecule has 0 N–H and O–H groups in total. The van der Waals surface area contributed by atoms with Gasteiger partial charge in [-0.25, -0.2) is 0 Å². The van der Waals surface area contributed by atoms with Crippen LogP contribution in [0.1, 0.15) is 266 Å². The molecule has 6 atom stereocenters. The zero-order valence-electron chi connectivity index (χ0n) is 42.7. The van der Waals surface area contributed by atoms with Crippen molar-refractivity contribution in [3.05, 3.63) is 5.32 Å². The van der Waals surface area contributed by atoms with Crippen molar-refractivity contribution in [3.63, 3.8) is 0 Å². The maximum absolute atomic E-state index is 7.26. The van der Waals surface area contributed by atoms with E-state index in [0.29, 0.717) is 41.9 Å². The molecule has 64 heavy (non-hydrogen) atoms. The molecule has 5 rings (SSSR count). The Bertz CT molecular complexity index is 1200. The topological polar surface area (TPSA) is 48.1 Å². The molecular formula is C56H102Cl3CrN3O. The Hall–Kier alpha value is 0.662. The van der Waals surface area contributed by atoms with Crippen LogP contribution < -0.4 is 0 Å². The van der Waals surface area contributed by atoms with Gasteiger partial charge in [-0.2, -0.15) is 0 Å². The summed E-state index contributed by atoms with van der Waals surface area (Å²) in [6.45, 7) is 15.3. The van der Waals surface area contributed by atoms with Gasteiger partial charge in [0, 0.05) is 6.61 Å². The summed E-state index contributed by atoms with van der Waals surface area (Å²) < 4.78 is 7.26. The first-order valence-electron chi connectivity index (χ1n) is 28.2. The molecule has 0 aromatic rings. The summed E-state index contributed by atoms with van der Waals surface area (Å²) in [7, 11) is 14.8. The molecule has 0 aromatic heterocycles. The molecule has 374 valence electrons. The molecule has 0 bridgehead atoms. The Labute approximate surface area is 415 Å². The third-order valence-electron chi connectivity index (χ3n) is 17.0. The first-order chi connectivity index (χ1) is 31.1. The summed E-state index contributed by atoms with van der Waals surface area (Å²) in [5, 5.41) is 5.54. The molecule has 4 nitrogen and oxygen atoms in total. The molecule has 5 fully saturated rings. The van der Waals surface area contributed by atoms with Crippen molar-refractivity contribution < 1.29 is 16.1 Å². The zero-order chi connectivity index (χ0) is 45.9. The number of hydrogen-bond donors (Lipinski definition) is 0. The Morgan fingerprint density at radius 2 is 0.906 bits per heavy atom. The third kappa shape index (κ3) is 22.2. The number of unbranched alkanes of at least 4 members (excludes halogenated alkanes) is 17. The number of halogens is 3. The van der Waals surface area contributed by atoms with Gasteiger partial charge in [0.25, 0.3) is 0 Å². The quantitative estimate of drug-likeness (QED) is 0.0629. The second-order valence-corrected chi connectivity index (χ2v) is 28.8. The Balaban J connectivity index is 0.00000215. The first-order valence-corrected chi connectivity index (χ1v) is 33.5. The normalized spacial score (nSPS) is 31.5. The molecule has 1 aliphatic heterocycles. The van der Waals surface area contributed by atoms with Crippen LogP contribution in [0.15, 0.2) is 9.98 Å². The van der Waals surface area contributed by atoms with Gasteiger partial charge in [0.2, 0.25) is 0 Å². The minimum atomic E-state index is -1.62. The van der Waals surface area contributed by atoms with Crippen LogP contribution in [-0.4, -0.2) is 48.3 Å². The second kappa shape index (κ2) is 34.1. The number of nitrogens with zero attached hydrogens (tertiary/aromatic N) is 3. The standard InChI is InChI=1S/C56H102N3O.3ClH.Cr/c1-7-8-9-10-11-12-13-14-15-16-17-18-19-20-21-22-23-30-38-60-56-51(48-32-26-24-27-33-48)41-50(42-52(56)49-34-28-25-29-35-49)57-46(5)53-36-31-37-54(59-53)47(6)58-55-44(3)39-43(2)40-45(55)4;;;;/h43-45,48-56H,7-42H2,1-6H3;3*1H;/q-1;;;;+4/p-3. The van der Waals surface area contributed by atoms with E-state index in [9.17, 15) is 0 Å². The number of piperidine rings is 1. The molecule has 1 heterocycles. The molecule has 5 aliphatic rings. The van der Waals surface area contributed by atoms with Crippen LogP contribution in [0.25, 0.3) is 5.32 Å². The average molecular weight is 992 g/mol. The van der Waals surface area contributed by atoms with Crippen molar-refractivity contribution in [1.29, 1.82) is 0 Å². The van der Waals surface area contributed by atoms with Crippen molar-refractivity contribution in [2.45, 2.75) is 297 Å². The van der Waals surface area contributed by atoms with E-state index in [4.69, 9.17) is 50.2 Å². The van der Waals surface area contributed by atoms with Gasteiger partial charge in [0.1, 0.15) is 0 Å². The monoisotopic (exact) mass is 990 g/mol. The molecular weight excluding hydrogens is 889 g/mol. The van der Waals surface area contributed by atoms with Gasteiger partial charge in [0.05, 0.1) is 18.2 Å². The van der Waals surface area contributed by atoms with Crippen LogP contribution in [0.5, 0.6) is 0 Å². The summed E-state index contributed by atoms with van der Waals surface area (Å²) >= 11 is -1.62. The van der Waals surface area contributed by atoms with E-state index in [1.807, 2.05) is 0 Å². The zero-order valence-corrected chi connectivity index (χ0v) is 46.2. The molecule has 8 heteroatoms. The summed E-state index contributed by atoms with van der Waals surface area (Å²) in [6, 6.07) is 1.47. The van der Waals surface area contributed by atoms with Gasteiger partial charge in [-0.15, -0.1) is 0 Å². The van der Waals surface area contributed by atoms with E-state index in [2.05, 4.69) is 41.5 Å². The predicted octanol–water partition coefficient (Wildman–Crippen LogP) is 19.3. The number of rotatable bonds is 26. The fourth-order valence-electron chi connectivity index (χ4n) is 13.6. The van der Waals surface area contributed by atoms with Gasteiger partial charge in [-0.1, -0.05) is 232 Å². The summed E-state index contributed by atoms with van der Waals surface area (Å²) in [6.07, 6.45) is 49.3. The van der Waals surface area contributed by atoms with Crippen molar-refractivity contribution in [3.8, 4) is 0 Å². The van der Waals surface area contributed by atoms with Crippen LogP contribution >= 0.6 is 30.1 Å². The number of aliphatic imine (C=N–C) groups is 2. The van der Waals surface area contributed by atoms with E-state index in [1.165, 1.54) is 236 Å². The van der Waals surface area contributed by atoms with Gasteiger partial charge in [-0.05, 0) is 98.8 Å². The Morgan fingerprint density at radius 1 is 0.516 bits per heavy atom. The predicted molar refractivity (Wildman–Crippen MR) is 281 cm³/mol. The molecule has 4 saturated carbocycles. The van der Waals surface area contributed by atoms with Crippen LogP contribution in [0.4, 0.5) is 0 Å². The van der Waals surface area contributed by atoms with Crippen LogP contribution in [0.3, 0.4) is 0 Å². The average Bonchev–Trinajstić information content (AvgIpc) is 3.28. The summed E-state index contributed by atoms with van der Waals surface area (Å²) in [5.41, 5.74) is 2.63. The fraction of sp³-hybridized carbons (Fsp3) is 0.964. The third-order valence-corrected chi connectivity index (χ3v) is 17.0. The summed E-state index contributed by atoms with van der Waals surface area (Å²) in [5.74, 6) is 5.25. The van der Waals surface area contributed by atoms with E-state index < -0.39 is 11.4 Å². The number of ether oxygens (including phenoxy) is 1. The van der Waals surface area contributed by atoms with Crippen LogP contribution in [0, 0.1) is 41.4 Å². The molecule has 0 aromatic carbocycles. The second-order valence-electron chi connectivity index (χ2n) is 22.4. The fourth-order valence-corrected chi connectivity index (χ4v) is 13.6. The summed E-state index contributed by atoms with van der Waals surface area (Å²) in [4.78, 5) is 11.2. The first kappa shape index (κ1) is 57.2. The molecule has 6 unspecified atom stereocenters. The van der Waals surface area contributed by atoms with E-state index in [0.717, 1.165) is 24.4 Å². The molecule has 0 amide bonds. The number of hydrogen-bond acceptors (Lipinski definition) is 3. The van der Waals surface area contributed by atoms with Gasteiger partial charge in [0.15, 0.2) is 0 Å². The minimum absolute atomic E-state index is 0.273. The van der Waals surface area contributed by atoms with E-state index in [1.54, 1.807) is 0 Å². The molecule has 0 radical (unpaired) electrons. The van der Waals surface area contributed by atoms with Crippen LogP contribution in [0.2, 0.25) is 0 Å². The Morgan fingerprint density at radius 3 is 1.33 bits per heavy atom. The van der Waals surface area contributed by atoms with Crippen molar-refractivity contribution in [1.82, 2.24) is 0 Å². The SMILES string of the molecule is CCCCCCCCCCCCCCCCCCCCOC1C(C2CCCCC2)CC(N=C(C)C2CCCC(C(C)=NC3C(C)CC(C)CC3C)[N-]2)CC1C1CCCCC1.[Cl][Cr+]([Cl])[Cl]. The Kier molecular flexibility index (Phi) is 30.5. The van der Waals surface area contributed by atoms with Crippen LogP contribution in [-0.2, 0) is 16.1 Å². The molecule has 0 spiro atoms. The molecule has 1 saturated heterocycles. The van der Waals surface area contributed by atoms with E-state index >= 15 is 0 Å². The van der Waals surface area contributed by atoms with Crippen molar-refractivity contribution in [2.24, 2.45) is 51.4 Å². The maximum atomic E-state index is 7.26. The van der Waals surface area contributed by atoms with Gasteiger partial charge < -0.3 is 10.1 Å². The molecule has 4 aliphatic carbocycles. The van der Waals surface area contributed by atoms with Gasteiger partial charge in [-0.3, -0.25) is 9.98 Å².